The number of benzene rings is 1. The van der Waals surface area contributed by atoms with Crippen molar-refractivity contribution in [1.29, 1.82) is 0 Å². The van der Waals surface area contributed by atoms with E-state index in [0.717, 1.165) is 11.5 Å². The molecule has 0 spiro atoms. The number of carbonyl (C=O) groups is 1. The van der Waals surface area contributed by atoms with Crippen molar-refractivity contribution < 1.29 is 4.79 Å². The average molecular weight is 248 g/mol. The lowest BCUT2D eigenvalue weighted by Crippen LogP contribution is -2.03. The molecular weight excluding hydrogens is 228 g/mol. The van der Waals surface area contributed by atoms with E-state index in [0.29, 0.717) is 0 Å². The molecule has 1 rings (SSSR count). The van der Waals surface area contributed by atoms with Gasteiger partial charge in [-0.25, -0.2) is 0 Å². The molecule has 1 atom stereocenters. The molecule has 1 aromatic carbocycles. The van der Waals surface area contributed by atoms with Gasteiger partial charge in [-0.3, -0.25) is 4.79 Å². The first-order valence-electron chi connectivity index (χ1n) is 5.89. The molecule has 0 amide bonds. The smallest absolute Gasteiger partial charge is 0.136 e. The molecule has 0 fully saturated rings. The van der Waals surface area contributed by atoms with Crippen molar-refractivity contribution in [3.05, 3.63) is 47.5 Å². The van der Waals surface area contributed by atoms with Gasteiger partial charge < -0.3 is 0 Å². The average Bonchev–Trinajstić information content (AvgIpc) is 2.30. The van der Waals surface area contributed by atoms with E-state index in [1.165, 1.54) is 11.1 Å². The highest BCUT2D eigenvalue weighted by Crippen LogP contribution is 2.16. The zero-order chi connectivity index (χ0) is 12.7. The Labute approximate surface area is 108 Å². The fraction of sp³-hybridized carbons (Fsp3) is 0.400. The molecule has 0 N–H and O–H groups in total. The first-order chi connectivity index (χ1) is 8.09. The van der Waals surface area contributed by atoms with Crippen LogP contribution in [0.15, 0.2) is 42.0 Å². The molecule has 17 heavy (non-hydrogen) atoms. The van der Waals surface area contributed by atoms with Crippen LogP contribution in [0.25, 0.3) is 0 Å². The quantitative estimate of drug-likeness (QED) is 0.705. The lowest BCUT2D eigenvalue weighted by Gasteiger charge is -2.05. The van der Waals surface area contributed by atoms with Crippen LogP contribution in [0.4, 0.5) is 0 Å². The van der Waals surface area contributed by atoms with Crippen LogP contribution in [0, 0.1) is 5.92 Å². The van der Waals surface area contributed by atoms with Crippen LogP contribution in [-0.4, -0.2) is 11.5 Å². The van der Waals surface area contributed by atoms with Gasteiger partial charge in [-0.05, 0) is 19.4 Å². The summed E-state index contributed by atoms with van der Waals surface area (Å²) >= 11 is 1.89. The van der Waals surface area contributed by atoms with Crippen LogP contribution in [0.5, 0.6) is 0 Å². The van der Waals surface area contributed by atoms with Gasteiger partial charge in [-0.15, -0.1) is 0 Å². The molecular formula is C15H20OS. The third-order valence-electron chi connectivity index (χ3n) is 2.62. The van der Waals surface area contributed by atoms with E-state index in [1.54, 1.807) is 6.92 Å². The van der Waals surface area contributed by atoms with E-state index in [4.69, 9.17) is 0 Å². The fourth-order valence-corrected chi connectivity index (χ4v) is 2.44. The Bertz CT molecular complexity index is 381. The second-order valence-corrected chi connectivity index (χ2v) is 5.38. The van der Waals surface area contributed by atoms with Crippen molar-refractivity contribution in [2.75, 3.05) is 5.75 Å². The highest BCUT2D eigenvalue weighted by Gasteiger charge is 2.04. The number of thioether (sulfide) groups is 1. The Kier molecular flexibility index (Phi) is 6.06. The Balaban J connectivity index is 2.34. The predicted octanol–water partition coefficient (Wildman–Crippen LogP) is 4.09. The van der Waals surface area contributed by atoms with Crippen LogP contribution in [0.3, 0.4) is 0 Å². The molecule has 0 saturated heterocycles. The van der Waals surface area contributed by atoms with Crippen LogP contribution < -0.4 is 0 Å². The number of Topliss-reactive ketones (excluding diaryl/α,β-unsaturated/α-hetero) is 1. The number of allylic oxidation sites excluding steroid dienone is 1. The number of hydrogen-bond acceptors (Lipinski definition) is 2. The van der Waals surface area contributed by atoms with Gasteiger partial charge in [0.05, 0.1) is 0 Å². The molecule has 0 radical (unpaired) electrons. The van der Waals surface area contributed by atoms with Gasteiger partial charge in [0.15, 0.2) is 0 Å². The molecule has 0 aliphatic heterocycles. The van der Waals surface area contributed by atoms with E-state index in [2.05, 4.69) is 37.3 Å². The summed E-state index contributed by atoms with van der Waals surface area (Å²) in [4.78, 5) is 11.1. The molecule has 0 heterocycles. The summed E-state index contributed by atoms with van der Waals surface area (Å²) in [6.45, 7) is 5.69. The summed E-state index contributed by atoms with van der Waals surface area (Å²) in [5, 5.41) is 0. The fourth-order valence-electron chi connectivity index (χ4n) is 1.50. The standard InChI is InChI=1S/C15H20OS/c1-12(9-13(2)14(3)16)10-17-11-15-7-5-4-6-8-15/h4-9,13H,10-11H2,1-3H3. The summed E-state index contributed by atoms with van der Waals surface area (Å²) in [5.74, 6) is 2.30. The first-order valence-corrected chi connectivity index (χ1v) is 7.04. The molecule has 1 aromatic rings. The van der Waals surface area contributed by atoms with Crippen molar-refractivity contribution in [3.63, 3.8) is 0 Å². The molecule has 1 nitrogen and oxygen atoms in total. The number of rotatable bonds is 6. The van der Waals surface area contributed by atoms with E-state index in [1.807, 2.05) is 24.8 Å². The summed E-state index contributed by atoms with van der Waals surface area (Å²) in [6.07, 6.45) is 2.07. The highest BCUT2D eigenvalue weighted by atomic mass is 32.2. The van der Waals surface area contributed by atoms with Gasteiger partial charge >= 0.3 is 0 Å². The lowest BCUT2D eigenvalue weighted by molar-refractivity contribution is -0.118. The highest BCUT2D eigenvalue weighted by molar-refractivity contribution is 7.98. The number of hydrogen-bond donors (Lipinski definition) is 0. The monoisotopic (exact) mass is 248 g/mol. The maximum atomic E-state index is 11.1. The minimum absolute atomic E-state index is 0.0484. The molecule has 2 heteroatoms. The van der Waals surface area contributed by atoms with Crippen molar-refractivity contribution in [3.8, 4) is 0 Å². The van der Waals surface area contributed by atoms with Crippen LogP contribution in [0.2, 0.25) is 0 Å². The van der Waals surface area contributed by atoms with Crippen molar-refractivity contribution in [2.24, 2.45) is 5.92 Å². The molecule has 1 unspecified atom stereocenters. The maximum absolute atomic E-state index is 11.1. The topological polar surface area (TPSA) is 17.1 Å². The Morgan fingerprint density at radius 2 is 1.94 bits per heavy atom. The van der Waals surface area contributed by atoms with Crippen LogP contribution in [0.1, 0.15) is 26.3 Å². The minimum atomic E-state index is 0.0484. The van der Waals surface area contributed by atoms with Crippen molar-refractivity contribution in [2.45, 2.75) is 26.5 Å². The molecule has 0 aromatic heterocycles. The molecule has 0 aliphatic carbocycles. The van der Waals surface area contributed by atoms with Gasteiger partial charge in [0.1, 0.15) is 5.78 Å². The maximum Gasteiger partial charge on any atom is 0.136 e. The lowest BCUT2D eigenvalue weighted by atomic mass is 10.1. The second kappa shape index (κ2) is 7.33. The van der Waals surface area contributed by atoms with E-state index < -0.39 is 0 Å². The normalized spacial score (nSPS) is 13.5. The SMILES string of the molecule is CC(=O)C(C)C=C(C)CSCc1ccccc1. The largest absolute Gasteiger partial charge is 0.299 e. The zero-order valence-electron chi connectivity index (χ0n) is 10.8. The second-order valence-electron chi connectivity index (χ2n) is 4.39. The third-order valence-corrected chi connectivity index (χ3v) is 3.81. The zero-order valence-corrected chi connectivity index (χ0v) is 11.6. The van der Waals surface area contributed by atoms with Crippen molar-refractivity contribution >= 4 is 17.5 Å². The van der Waals surface area contributed by atoms with Crippen LogP contribution in [-0.2, 0) is 10.5 Å². The molecule has 92 valence electrons. The summed E-state index contributed by atoms with van der Waals surface area (Å²) in [5.41, 5.74) is 2.64. The summed E-state index contributed by atoms with van der Waals surface area (Å²) in [6, 6.07) is 10.5. The third kappa shape index (κ3) is 5.73. The van der Waals surface area contributed by atoms with E-state index in [-0.39, 0.29) is 11.7 Å². The summed E-state index contributed by atoms with van der Waals surface area (Å²) < 4.78 is 0. The predicted molar refractivity (Wildman–Crippen MR) is 76.2 cm³/mol. The molecule has 0 aliphatic rings. The van der Waals surface area contributed by atoms with Crippen molar-refractivity contribution in [1.82, 2.24) is 0 Å². The minimum Gasteiger partial charge on any atom is -0.299 e. The van der Waals surface area contributed by atoms with E-state index >= 15 is 0 Å². The Morgan fingerprint density at radius 3 is 2.53 bits per heavy atom. The molecule has 0 saturated carbocycles. The van der Waals surface area contributed by atoms with Gasteiger partial charge in [0.2, 0.25) is 0 Å². The Hall–Kier alpha value is -1.02. The van der Waals surface area contributed by atoms with Gasteiger partial charge in [-0.2, -0.15) is 11.8 Å². The number of carbonyl (C=O) groups excluding carboxylic acids is 1. The Morgan fingerprint density at radius 1 is 1.29 bits per heavy atom. The van der Waals surface area contributed by atoms with Gasteiger partial charge in [0.25, 0.3) is 0 Å². The number of ketones is 1. The first kappa shape index (κ1) is 14.0. The summed E-state index contributed by atoms with van der Waals surface area (Å²) in [7, 11) is 0. The van der Waals surface area contributed by atoms with Gasteiger partial charge in [0, 0.05) is 17.4 Å². The molecule has 0 bridgehead atoms. The van der Waals surface area contributed by atoms with Gasteiger partial charge in [-0.1, -0.05) is 48.9 Å². The van der Waals surface area contributed by atoms with Crippen LogP contribution >= 0.6 is 11.8 Å². The van der Waals surface area contributed by atoms with E-state index in [9.17, 15) is 4.79 Å².